The first-order chi connectivity index (χ1) is 7.85. The molecular weight excluding hydrogens is 196 g/mol. The summed E-state index contributed by atoms with van der Waals surface area (Å²) in [5.74, 6) is 0. The van der Waals surface area contributed by atoms with Gasteiger partial charge in [-0.05, 0) is 25.5 Å². The van der Waals surface area contributed by atoms with Crippen LogP contribution in [0.5, 0.6) is 0 Å². The molecule has 2 nitrogen and oxygen atoms in total. The highest BCUT2D eigenvalue weighted by Crippen LogP contribution is 2.19. The molecule has 1 aromatic carbocycles. The van der Waals surface area contributed by atoms with Crippen LogP contribution in [0.2, 0.25) is 0 Å². The first kappa shape index (κ1) is 10.9. The van der Waals surface area contributed by atoms with Crippen LogP contribution in [-0.4, -0.2) is 18.1 Å². The van der Waals surface area contributed by atoms with E-state index in [4.69, 9.17) is 0 Å². The van der Waals surface area contributed by atoms with Gasteiger partial charge in [-0.1, -0.05) is 25.1 Å². The summed E-state index contributed by atoms with van der Waals surface area (Å²) in [6, 6.07) is 10.3. The zero-order chi connectivity index (χ0) is 11.4. The number of nitrogens with zero attached hydrogens (tertiary/aromatic N) is 2. The van der Waals surface area contributed by atoms with Gasteiger partial charge in [0.15, 0.2) is 0 Å². The zero-order valence-corrected chi connectivity index (χ0v) is 9.90. The molecule has 0 saturated carbocycles. The van der Waals surface area contributed by atoms with E-state index >= 15 is 0 Å². The average Bonchev–Trinajstić information content (AvgIpc) is 2.35. The molecule has 0 fully saturated rings. The van der Waals surface area contributed by atoms with Crippen LogP contribution in [0.15, 0.2) is 30.3 Å². The summed E-state index contributed by atoms with van der Waals surface area (Å²) in [5, 5.41) is 1.19. The number of fused-ring (bicyclic) bond motifs is 1. The number of hydrogen-bond acceptors (Lipinski definition) is 2. The van der Waals surface area contributed by atoms with Crippen LogP contribution in [0.3, 0.4) is 0 Å². The van der Waals surface area contributed by atoms with Crippen molar-refractivity contribution in [2.75, 3.05) is 18.0 Å². The van der Waals surface area contributed by atoms with Crippen LogP contribution < -0.4 is 4.90 Å². The summed E-state index contributed by atoms with van der Waals surface area (Å²) in [7, 11) is 0. The average molecular weight is 213 g/mol. The van der Waals surface area contributed by atoms with Gasteiger partial charge in [-0.15, -0.1) is 0 Å². The highest BCUT2D eigenvalue weighted by Gasteiger charge is 2.04. The van der Waals surface area contributed by atoms with Gasteiger partial charge in [0.1, 0.15) is 6.20 Å². The van der Waals surface area contributed by atoms with E-state index in [1.807, 2.05) is 18.2 Å². The van der Waals surface area contributed by atoms with Crippen LogP contribution in [0, 0.1) is 6.20 Å². The first-order valence-electron chi connectivity index (χ1n) is 5.87. The molecule has 0 bridgehead atoms. The lowest BCUT2D eigenvalue weighted by atomic mass is 10.2. The Hall–Kier alpha value is -1.57. The molecule has 0 aliphatic rings. The van der Waals surface area contributed by atoms with Gasteiger partial charge in [-0.25, -0.2) is 4.98 Å². The second-order valence-electron chi connectivity index (χ2n) is 3.89. The lowest BCUT2D eigenvalue weighted by Crippen LogP contribution is -2.23. The topological polar surface area (TPSA) is 16.1 Å². The third-order valence-electron chi connectivity index (χ3n) is 2.74. The van der Waals surface area contributed by atoms with Crippen molar-refractivity contribution in [1.82, 2.24) is 4.98 Å². The van der Waals surface area contributed by atoms with Crippen LogP contribution in [0.4, 0.5) is 5.69 Å². The molecule has 0 unspecified atom stereocenters. The Kier molecular flexibility index (Phi) is 3.40. The maximum absolute atomic E-state index is 4.37. The Morgan fingerprint density at radius 3 is 2.81 bits per heavy atom. The molecule has 0 atom stereocenters. The fraction of sp³-hybridized carbons (Fsp3) is 0.357. The number of aromatic nitrogens is 1. The molecule has 2 aromatic rings. The quantitative estimate of drug-likeness (QED) is 0.775. The maximum Gasteiger partial charge on any atom is 0.115 e. The van der Waals surface area contributed by atoms with Gasteiger partial charge in [0.25, 0.3) is 0 Å². The largest absolute Gasteiger partial charge is 0.370 e. The molecule has 83 valence electrons. The summed E-state index contributed by atoms with van der Waals surface area (Å²) in [6.45, 7) is 6.42. The highest BCUT2D eigenvalue weighted by atomic mass is 15.1. The molecule has 0 amide bonds. The third-order valence-corrected chi connectivity index (χ3v) is 2.74. The number of para-hydroxylation sites is 1. The lowest BCUT2D eigenvalue weighted by molar-refractivity contribution is 0.790. The summed E-state index contributed by atoms with van der Waals surface area (Å²) in [4.78, 5) is 6.67. The molecule has 0 N–H and O–H groups in total. The second-order valence-corrected chi connectivity index (χ2v) is 3.89. The molecule has 2 rings (SSSR count). The van der Waals surface area contributed by atoms with Gasteiger partial charge in [-0.3, -0.25) is 0 Å². The van der Waals surface area contributed by atoms with E-state index in [0.717, 1.165) is 30.7 Å². The smallest absolute Gasteiger partial charge is 0.115 e. The minimum absolute atomic E-state index is 1.00. The van der Waals surface area contributed by atoms with Crippen molar-refractivity contribution < 1.29 is 0 Å². The summed E-state index contributed by atoms with van der Waals surface area (Å²) < 4.78 is 0. The molecular formula is C14H17N2. The number of hydrogen-bond donors (Lipinski definition) is 0. The molecule has 16 heavy (non-hydrogen) atoms. The number of pyridine rings is 1. The van der Waals surface area contributed by atoms with E-state index in [0.29, 0.717) is 0 Å². The maximum atomic E-state index is 4.37. The van der Waals surface area contributed by atoms with Gasteiger partial charge in [-0.2, -0.15) is 0 Å². The second kappa shape index (κ2) is 4.97. The Bertz CT molecular complexity index is 465. The van der Waals surface area contributed by atoms with Gasteiger partial charge in [0, 0.05) is 18.5 Å². The van der Waals surface area contributed by atoms with E-state index in [2.05, 4.69) is 42.1 Å². The normalized spacial score (nSPS) is 10.6. The molecule has 0 saturated heterocycles. The van der Waals surface area contributed by atoms with E-state index in [-0.39, 0.29) is 0 Å². The Morgan fingerprint density at radius 2 is 2.06 bits per heavy atom. The van der Waals surface area contributed by atoms with Crippen molar-refractivity contribution in [3.8, 4) is 0 Å². The van der Waals surface area contributed by atoms with Crippen LogP contribution in [0.25, 0.3) is 10.9 Å². The molecule has 1 heterocycles. The van der Waals surface area contributed by atoms with Crippen molar-refractivity contribution in [1.29, 1.82) is 0 Å². The summed E-state index contributed by atoms with van der Waals surface area (Å²) in [5.41, 5.74) is 2.11. The van der Waals surface area contributed by atoms with Gasteiger partial charge in [0.2, 0.25) is 0 Å². The van der Waals surface area contributed by atoms with E-state index in [9.17, 15) is 0 Å². The molecule has 2 heteroatoms. The Morgan fingerprint density at radius 1 is 1.25 bits per heavy atom. The van der Waals surface area contributed by atoms with Crippen molar-refractivity contribution in [3.05, 3.63) is 36.5 Å². The minimum atomic E-state index is 1.00. The molecule has 0 aliphatic heterocycles. The monoisotopic (exact) mass is 213 g/mol. The van der Waals surface area contributed by atoms with E-state index in [1.165, 1.54) is 5.39 Å². The lowest BCUT2D eigenvalue weighted by Gasteiger charge is -2.21. The van der Waals surface area contributed by atoms with Crippen molar-refractivity contribution in [3.63, 3.8) is 0 Å². The zero-order valence-electron chi connectivity index (χ0n) is 9.90. The van der Waals surface area contributed by atoms with Crippen LogP contribution in [-0.2, 0) is 0 Å². The molecule has 0 aliphatic carbocycles. The predicted molar refractivity (Wildman–Crippen MR) is 68.8 cm³/mol. The fourth-order valence-electron chi connectivity index (χ4n) is 1.89. The van der Waals surface area contributed by atoms with Crippen molar-refractivity contribution in [2.24, 2.45) is 0 Å². The number of rotatable bonds is 4. The molecule has 0 spiro atoms. The van der Waals surface area contributed by atoms with E-state index in [1.54, 1.807) is 0 Å². The first-order valence-corrected chi connectivity index (χ1v) is 5.87. The number of benzene rings is 1. The van der Waals surface area contributed by atoms with Crippen molar-refractivity contribution in [2.45, 2.75) is 20.3 Å². The number of anilines is 1. The van der Waals surface area contributed by atoms with Gasteiger partial charge < -0.3 is 4.90 Å². The SMILES string of the molecule is CCCN(CC)c1[c]nc2ccccc2c1. The van der Waals surface area contributed by atoms with Crippen LogP contribution in [0.1, 0.15) is 20.3 Å². The molecule has 1 radical (unpaired) electrons. The van der Waals surface area contributed by atoms with E-state index < -0.39 is 0 Å². The minimum Gasteiger partial charge on any atom is -0.370 e. The fourth-order valence-corrected chi connectivity index (χ4v) is 1.89. The summed E-state index contributed by atoms with van der Waals surface area (Å²) in [6.07, 6.45) is 4.27. The highest BCUT2D eigenvalue weighted by molar-refractivity contribution is 5.81. The Labute approximate surface area is 96.9 Å². The van der Waals surface area contributed by atoms with Crippen LogP contribution >= 0.6 is 0 Å². The third kappa shape index (κ3) is 2.16. The molecule has 1 aromatic heterocycles. The van der Waals surface area contributed by atoms with Gasteiger partial charge >= 0.3 is 0 Å². The predicted octanol–water partition coefficient (Wildman–Crippen LogP) is 3.27. The van der Waals surface area contributed by atoms with Crippen molar-refractivity contribution >= 4 is 16.6 Å². The summed E-state index contributed by atoms with van der Waals surface area (Å²) >= 11 is 0. The Balaban J connectivity index is 2.37. The van der Waals surface area contributed by atoms with Gasteiger partial charge in [0.05, 0.1) is 11.2 Å². The standard InChI is InChI=1S/C14H17N2/c1-3-9-16(4-2)13-10-12-7-5-6-8-14(12)15-11-13/h5-8,10H,3-4,9H2,1-2H3.